The van der Waals surface area contributed by atoms with Gasteiger partial charge in [-0.05, 0) is 12.1 Å². The molecule has 0 amide bonds. The zero-order valence-electron chi connectivity index (χ0n) is 9.24. The molecule has 0 radical (unpaired) electrons. The Hall–Kier alpha value is -2.20. The van der Waals surface area contributed by atoms with E-state index in [0.29, 0.717) is 0 Å². The van der Waals surface area contributed by atoms with Gasteiger partial charge in [0.05, 0.1) is 12.1 Å². The second kappa shape index (κ2) is 5.93. The van der Waals surface area contributed by atoms with Crippen LogP contribution in [0.4, 0.5) is 5.82 Å². The lowest BCUT2D eigenvalue weighted by Gasteiger charge is -2.17. The molecule has 0 fully saturated rings. The number of nitriles is 2. The van der Waals surface area contributed by atoms with Gasteiger partial charge in [0.15, 0.2) is 5.82 Å². The fourth-order valence-electron chi connectivity index (χ4n) is 1.23. The van der Waals surface area contributed by atoms with Gasteiger partial charge in [-0.1, -0.05) is 0 Å². The summed E-state index contributed by atoms with van der Waals surface area (Å²) >= 11 is 0. The molecule has 0 saturated heterocycles. The molecule has 0 aliphatic heterocycles. The van der Waals surface area contributed by atoms with Crippen LogP contribution in [-0.2, 0) is 10.0 Å². The van der Waals surface area contributed by atoms with Crippen molar-refractivity contribution < 1.29 is 8.42 Å². The molecule has 0 saturated carbocycles. The highest BCUT2D eigenvalue weighted by atomic mass is 32.2. The van der Waals surface area contributed by atoms with Crippen molar-refractivity contribution in [3.8, 4) is 12.1 Å². The lowest BCUT2D eigenvalue weighted by molar-refractivity contribution is 0.479. The molecule has 0 bridgehead atoms. The molecule has 0 unspecified atom stereocenters. The van der Waals surface area contributed by atoms with E-state index in [1.807, 2.05) is 0 Å². The Morgan fingerprint density at radius 1 is 1.39 bits per heavy atom. The molecule has 9 heteroatoms. The van der Waals surface area contributed by atoms with Crippen molar-refractivity contribution in [1.82, 2.24) is 9.29 Å². The van der Waals surface area contributed by atoms with E-state index in [9.17, 15) is 8.42 Å². The normalized spacial score (nSPS) is 10.7. The van der Waals surface area contributed by atoms with E-state index in [4.69, 9.17) is 16.4 Å². The van der Waals surface area contributed by atoms with E-state index in [2.05, 4.69) is 10.4 Å². The maximum absolute atomic E-state index is 12.2. The van der Waals surface area contributed by atoms with E-state index >= 15 is 0 Å². The maximum atomic E-state index is 12.2. The van der Waals surface area contributed by atoms with E-state index in [1.54, 1.807) is 12.1 Å². The highest BCUT2D eigenvalue weighted by Crippen LogP contribution is 2.21. The van der Waals surface area contributed by atoms with Crippen molar-refractivity contribution in [2.24, 2.45) is 5.84 Å². The third-order valence-electron chi connectivity index (χ3n) is 2.02. The summed E-state index contributed by atoms with van der Waals surface area (Å²) in [7, 11) is -3.98. The highest BCUT2D eigenvalue weighted by Gasteiger charge is 2.27. The number of nitrogens with zero attached hydrogens (tertiary/aromatic N) is 4. The molecular formula is C9H10N6O2S. The Kier molecular flexibility index (Phi) is 4.57. The summed E-state index contributed by atoms with van der Waals surface area (Å²) in [5.41, 5.74) is 2.16. The standard InChI is InChI=1S/C9H10N6O2S/c10-3-6-15(7-4-11)18(16,17)8-2-1-5-13-9(8)14-12/h1-2,5H,6-7,12H2,(H,13,14). The molecule has 1 aromatic heterocycles. The predicted octanol–water partition coefficient (Wildman–Crippen LogP) is -0.595. The summed E-state index contributed by atoms with van der Waals surface area (Å²) in [6, 6.07) is 6.09. The van der Waals surface area contributed by atoms with Crippen LogP contribution >= 0.6 is 0 Å². The monoisotopic (exact) mass is 266 g/mol. The van der Waals surface area contributed by atoms with E-state index in [1.165, 1.54) is 18.3 Å². The molecular weight excluding hydrogens is 256 g/mol. The molecule has 3 N–H and O–H groups in total. The summed E-state index contributed by atoms with van der Waals surface area (Å²) < 4.78 is 25.1. The lowest BCUT2D eigenvalue weighted by atomic mass is 10.5. The van der Waals surface area contributed by atoms with Gasteiger partial charge in [0, 0.05) is 6.20 Å². The Bertz CT molecular complexity index is 584. The first-order valence-corrected chi connectivity index (χ1v) is 6.17. The number of nitrogen functional groups attached to an aromatic ring is 1. The Labute approximate surface area is 104 Å². The number of sulfonamides is 1. The number of anilines is 1. The van der Waals surface area contributed by atoms with Crippen molar-refractivity contribution in [3.05, 3.63) is 18.3 Å². The molecule has 18 heavy (non-hydrogen) atoms. The minimum atomic E-state index is -3.98. The van der Waals surface area contributed by atoms with E-state index in [0.717, 1.165) is 4.31 Å². The molecule has 8 nitrogen and oxygen atoms in total. The van der Waals surface area contributed by atoms with Gasteiger partial charge < -0.3 is 5.43 Å². The number of nitrogens with two attached hydrogens (primary N) is 1. The number of hydrazine groups is 1. The van der Waals surface area contributed by atoms with Crippen LogP contribution in [0.2, 0.25) is 0 Å². The highest BCUT2D eigenvalue weighted by molar-refractivity contribution is 7.89. The number of hydrogen-bond acceptors (Lipinski definition) is 7. The SMILES string of the molecule is N#CCN(CC#N)S(=O)(=O)c1cccnc1NN. The predicted molar refractivity (Wildman–Crippen MR) is 62.0 cm³/mol. The molecule has 1 rings (SSSR count). The molecule has 1 heterocycles. The Balaban J connectivity index is 3.28. The van der Waals surface area contributed by atoms with Crippen molar-refractivity contribution in [2.75, 3.05) is 18.5 Å². The van der Waals surface area contributed by atoms with Crippen molar-refractivity contribution in [3.63, 3.8) is 0 Å². The number of pyridine rings is 1. The Morgan fingerprint density at radius 2 is 2.00 bits per heavy atom. The van der Waals surface area contributed by atoms with Gasteiger partial charge in [0.2, 0.25) is 10.0 Å². The van der Waals surface area contributed by atoms with Crippen LogP contribution in [-0.4, -0.2) is 30.8 Å². The van der Waals surface area contributed by atoms with Gasteiger partial charge >= 0.3 is 0 Å². The van der Waals surface area contributed by atoms with E-state index < -0.39 is 23.1 Å². The fourth-order valence-corrected chi connectivity index (χ4v) is 2.57. The van der Waals surface area contributed by atoms with Gasteiger partial charge in [-0.25, -0.2) is 19.2 Å². The quantitative estimate of drug-likeness (QED) is 0.412. The van der Waals surface area contributed by atoms with Gasteiger partial charge in [0.25, 0.3) is 0 Å². The summed E-state index contributed by atoms with van der Waals surface area (Å²) in [5, 5.41) is 17.2. The van der Waals surface area contributed by atoms with Crippen LogP contribution < -0.4 is 11.3 Å². The third kappa shape index (κ3) is 2.73. The summed E-state index contributed by atoms with van der Waals surface area (Å²) in [6.45, 7) is -0.844. The number of rotatable bonds is 5. The second-order valence-corrected chi connectivity index (χ2v) is 4.99. The van der Waals surface area contributed by atoms with Crippen LogP contribution in [0.5, 0.6) is 0 Å². The van der Waals surface area contributed by atoms with Crippen LogP contribution in [0.3, 0.4) is 0 Å². The van der Waals surface area contributed by atoms with Crippen LogP contribution in [0.15, 0.2) is 23.2 Å². The van der Waals surface area contributed by atoms with Crippen LogP contribution in [0.1, 0.15) is 0 Å². The molecule has 94 valence electrons. The molecule has 1 aromatic rings. The van der Waals surface area contributed by atoms with Gasteiger partial charge in [0.1, 0.15) is 18.0 Å². The summed E-state index contributed by atoms with van der Waals surface area (Å²) in [4.78, 5) is 3.58. The molecule has 0 aliphatic rings. The molecule has 0 aromatic carbocycles. The van der Waals surface area contributed by atoms with Gasteiger partial charge in [-0.3, -0.25) is 0 Å². The van der Waals surface area contributed by atoms with Crippen LogP contribution in [0, 0.1) is 22.7 Å². The van der Waals surface area contributed by atoms with Gasteiger partial charge in [-0.2, -0.15) is 14.8 Å². The van der Waals surface area contributed by atoms with Gasteiger partial charge in [-0.15, -0.1) is 0 Å². The molecule has 0 aliphatic carbocycles. The first kappa shape index (κ1) is 13.9. The average Bonchev–Trinajstić information content (AvgIpc) is 2.38. The number of nitrogens with one attached hydrogen (secondary N) is 1. The summed E-state index contributed by atoms with van der Waals surface area (Å²) in [6.07, 6.45) is 1.37. The first-order valence-electron chi connectivity index (χ1n) is 4.73. The summed E-state index contributed by atoms with van der Waals surface area (Å²) in [5.74, 6) is 5.13. The smallest absolute Gasteiger partial charge is 0.248 e. The minimum Gasteiger partial charge on any atom is -0.307 e. The largest absolute Gasteiger partial charge is 0.307 e. The number of hydrogen-bond donors (Lipinski definition) is 2. The number of aromatic nitrogens is 1. The molecule has 0 atom stereocenters. The van der Waals surface area contributed by atoms with Crippen molar-refractivity contribution >= 4 is 15.8 Å². The zero-order valence-corrected chi connectivity index (χ0v) is 10.1. The molecule has 0 spiro atoms. The Morgan fingerprint density at radius 3 is 2.50 bits per heavy atom. The third-order valence-corrected chi connectivity index (χ3v) is 3.84. The average molecular weight is 266 g/mol. The van der Waals surface area contributed by atoms with Crippen molar-refractivity contribution in [2.45, 2.75) is 4.90 Å². The lowest BCUT2D eigenvalue weighted by Crippen LogP contribution is -2.32. The fraction of sp³-hybridized carbons (Fsp3) is 0.222. The zero-order chi connectivity index (χ0) is 13.6. The van der Waals surface area contributed by atoms with Crippen LogP contribution in [0.25, 0.3) is 0 Å². The minimum absolute atomic E-state index is 0.0432. The topological polar surface area (TPSA) is 136 Å². The first-order chi connectivity index (χ1) is 8.57. The van der Waals surface area contributed by atoms with Crippen molar-refractivity contribution in [1.29, 1.82) is 10.5 Å². The second-order valence-electron chi connectivity index (χ2n) is 3.08. The maximum Gasteiger partial charge on any atom is 0.248 e. The van der Waals surface area contributed by atoms with E-state index in [-0.39, 0.29) is 10.7 Å².